The Morgan fingerprint density at radius 1 is 1.44 bits per heavy atom. The topological polar surface area (TPSA) is 38.4 Å². The van der Waals surface area contributed by atoms with Crippen molar-refractivity contribution in [2.24, 2.45) is 10.7 Å². The minimum atomic E-state index is -4.38. The van der Waals surface area contributed by atoms with E-state index in [1.54, 1.807) is 0 Å². The van der Waals surface area contributed by atoms with Crippen molar-refractivity contribution in [3.05, 3.63) is 29.3 Å². The SMILES string of the molecule is Cc1ccc(N=C(N)CCl)cc1C(F)(F)F. The van der Waals surface area contributed by atoms with Crippen molar-refractivity contribution in [2.45, 2.75) is 13.1 Å². The molecule has 0 saturated carbocycles. The summed E-state index contributed by atoms with van der Waals surface area (Å²) in [5.41, 5.74) is 4.93. The van der Waals surface area contributed by atoms with Gasteiger partial charge in [-0.3, -0.25) is 0 Å². The first kappa shape index (κ1) is 12.8. The third-order valence-electron chi connectivity index (χ3n) is 1.94. The summed E-state index contributed by atoms with van der Waals surface area (Å²) in [5, 5.41) is 0. The van der Waals surface area contributed by atoms with Crippen LogP contribution in [0.5, 0.6) is 0 Å². The molecule has 88 valence electrons. The largest absolute Gasteiger partial charge is 0.416 e. The smallest absolute Gasteiger partial charge is 0.386 e. The average molecular weight is 251 g/mol. The maximum absolute atomic E-state index is 12.5. The number of nitrogens with zero attached hydrogens (tertiary/aromatic N) is 1. The van der Waals surface area contributed by atoms with Gasteiger partial charge in [0, 0.05) is 0 Å². The molecule has 0 unspecified atom stereocenters. The van der Waals surface area contributed by atoms with Gasteiger partial charge in [0.1, 0.15) is 5.84 Å². The van der Waals surface area contributed by atoms with Gasteiger partial charge in [0.05, 0.1) is 17.1 Å². The Labute approximate surface area is 95.9 Å². The van der Waals surface area contributed by atoms with Gasteiger partial charge in [0.25, 0.3) is 0 Å². The number of amidine groups is 1. The Morgan fingerprint density at radius 2 is 2.06 bits per heavy atom. The van der Waals surface area contributed by atoms with Crippen molar-refractivity contribution >= 4 is 23.1 Å². The van der Waals surface area contributed by atoms with Crippen LogP contribution in [-0.4, -0.2) is 11.7 Å². The van der Waals surface area contributed by atoms with E-state index in [1.165, 1.54) is 19.1 Å². The number of rotatable bonds is 2. The summed E-state index contributed by atoms with van der Waals surface area (Å²) in [6, 6.07) is 3.77. The first-order valence-corrected chi connectivity index (χ1v) is 4.95. The van der Waals surface area contributed by atoms with Crippen molar-refractivity contribution in [3.8, 4) is 0 Å². The minimum absolute atomic E-state index is 0.0186. The molecule has 0 radical (unpaired) electrons. The van der Waals surface area contributed by atoms with Gasteiger partial charge in [-0.15, -0.1) is 11.6 Å². The van der Waals surface area contributed by atoms with Crippen LogP contribution < -0.4 is 5.73 Å². The Morgan fingerprint density at radius 3 is 2.56 bits per heavy atom. The maximum Gasteiger partial charge on any atom is 0.416 e. The number of aliphatic imine (C=N–C) groups is 1. The van der Waals surface area contributed by atoms with Gasteiger partial charge >= 0.3 is 6.18 Å². The molecule has 0 aliphatic heterocycles. The lowest BCUT2D eigenvalue weighted by atomic mass is 10.1. The zero-order chi connectivity index (χ0) is 12.3. The van der Waals surface area contributed by atoms with Crippen LogP contribution in [0.25, 0.3) is 0 Å². The number of benzene rings is 1. The van der Waals surface area contributed by atoms with Gasteiger partial charge in [0.15, 0.2) is 0 Å². The van der Waals surface area contributed by atoms with E-state index < -0.39 is 11.7 Å². The van der Waals surface area contributed by atoms with E-state index in [-0.39, 0.29) is 23.0 Å². The Balaban J connectivity index is 3.18. The summed E-state index contributed by atoms with van der Waals surface area (Å²) in [6.07, 6.45) is -4.38. The van der Waals surface area contributed by atoms with Gasteiger partial charge < -0.3 is 5.73 Å². The lowest BCUT2D eigenvalue weighted by Gasteiger charge is -2.10. The fourth-order valence-electron chi connectivity index (χ4n) is 1.18. The van der Waals surface area contributed by atoms with Gasteiger partial charge in [0.2, 0.25) is 0 Å². The highest BCUT2D eigenvalue weighted by Gasteiger charge is 2.32. The van der Waals surface area contributed by atoms with Crippen molar-refractivity contribution in [1.29, 1.82) is 0 Å². The summed E-state index contributed by atoms with van der Waals surface area (Å²) >= 11 is 5.38. The molecule has 16 heavy (non-hydrogen) atoms. The predicted molar refractivity (Wildman–Crippen MR) is 58.2 cm³/mol. The first-order valence-electron chi connectivity index (χ1n) is 4.41. The second kappa shape index (κ2) is 4.74. The summed E-state index contributed by atoms with van der Waals surface area (Å²) in [7, 11) is 0. The Hall–Kier alpha value is -1.23. The van der Waals surface area contributed by atoms with Crippen molar-refractivity contribution in [3.63, 3.8) is 0 Å². The number of halogens is 4. The molecule has 0 atom stereocenters. The first-order chi connectivity index (χ1) is 7.34. The van der Waals surface area contributed by atoms with Crippen LogP contribution in [0.3, 0.4) is 0 Å². The minimum Gasteiger partial charge on any atom is -0.386 e. The second-order valence-corrected chi connectivity index (χ2v) is 3.50. The second-order valence-electron chi connectivity index (χ2n) is 3.23. The highest BCUT2D eigenvalue weighted by atomic mass is 35.5. The van der Waals surface area contributed by atoms with Gasteiger partial charge in [-0.1, -0.05) is 6.07 Å². The zero-order valence-electron chi connectivity index (χ0n) is 8.48. The lowest BCUT2D eigenvalue weighted by molar-refractivity contribution is -0.138. The number of aryl methyl sites for hydroxylation is 1. The number of nitrogens with two attached hydrogens (primary N) is 1. The fourth-order valence-corrected chi connectivity index (χ4v) is 1.24. The molecule has 0 saturated heterocycles. The molecule has 0 aromatic heterocycles. The predicted octanol–water partition coefficient (Wildman–Crippen LogP) is 3.24. The summed E-state index contributed by atoms with van der Waals surface area (Å²) < 4.78 is 37.6. The highest BCUT2D eigenvalue weighted by molar-refractivity contribution is 6.28. The molecule has 1 rings (SSSR count). The zero-order valence-corrected chi connectivity index (χ0v) is 9.23. The molecule has 0 bridgehead atoms. The average Bonchev–Trinajstić information content (AvgIpc) is 2.19. The third kappa shape index (κ3) is 3.13. The van der Waals surface area contributed by atoms with E-state index >= 15 is 0 Å². The molecular weight excluding hydrogens is 241 g/mol. The Bertz CT molecular complexity index is 413. The number of alkyl halides is 4. The lowest BCUT2D eigenvalue weighted by Crippen LogP contribution is -2.12. The van der Waals surface area contributed by atoms with Crippen LogP contribution in [0.1, 0.15) is 11.1 Å². The molecule has 0 aliphatic rings. The van der Waals surface area contributed by atoms with E-state index in [0.29, 0.717) is 0 Å². The highest BCUT2D eigenvalue weighted by Crippen LogP contribution is 2.34. The monoisotopic (exact) mass is 250 g/mol. The molecule has 0 heterocycles. The molecule has 2 N–H and O–H groups in total. The third-order valence-corrected chi connectivity index (χ3v) is 2.21. The standard InChI is InChI=1S/C10H10ClF3N2/c1-6-2-3-7(16-9(15)5-11)4-8(6)10(12,13)14/h2-4H,5H2,1H3,(H2,15,16). The van der Waals surface area contributed by atoms with E-state index in [0.717, 1.165) is 6.07 Å². The van der Waals surface area contributed by atoms with Crippen LogP contribution in [0, 0.1) is 6.92 Å². The van der Waals surface area contributed by atoms with E-state index in [9.17, 15) is 13.2 Å². The molecule has 6 heteroatoms. The normalized spacial score (nSPS) is 12.9. The summed E-state index contributed by atoms with van der Waals surface area (Å²) in [4.78, 5) is 3.76. The molecule has 0 spiro atoms. The quantitative estimate of drug-likeness (QED) is 0.488. The molecule has 1 aromatic rings. The van der Waals surface area contributed by atoms with Crippen LogP contribution in [0.4, 0.5) is 18.9 Å². The number of hydrogen-bond acceptors (Lipinski definition) is 1. The van der Waals surface area contributed by atoms with Crippen LogP contribution >= 0.6 is 11.6 Å². The molecule has 2 nitrogen and oxygen atoms in total. The van der Waals surface area contributed by atoms with Gasteiger partial charge in [-0.2, -0.15) is 13.2 Å². The molecule has 0 amide bonds. The fraction of sp³-hybridized carbons (Fsp3) is 0.300. The molecule has 1 aromatic carbocycles. The van der Waals surface area contributed by atoms with Crippen LogP contribution in [0.15, 0.2) is 23.2 Å². The van der Waals surface area contributed by atoms with Crippen LogP contribution in [0.2, 0.25) is 0 Å². The summed E-state index contributed by atoms with van der Waals surface area (Å²) in [6.45, 7) is 1.39. The van der Waals surface area contributed by atoms with E-state index in [1.807, 2.05) is 0 Å². The van der Waals surface area contributed by atoms with E-state index in [2.05, 4.69) is 4.99 Å². The molecule has 0 aliphatic carbocycles. The summed E-state index contributed by atoms with van der Waals surface area (Å²) in [5.74, 6) is 0.0635. The van der Waals surface area contributed by atoms with E-state index in [4.69, 9.17) is 17.3 Å². The number of hydrogen-bond donors (Lipinski definition) is 1. The molecular formula is C10H10ClF3N2. The van der Waals surface area contributed by atoms with Crippen molar-refractivity contribution in [2.75, 3.05) is 5.88 Å². The molecule has 0 fully saturated rings. The van der Waals surface area contributed by atoms with Gasteiger partial charge in [-0.05, 0) is 24.6 Å². The van der Waals surface area contributed by atoms with Crippen molar-refractivity contribution in [1.82, 2.24) is 0 Å². The van der Waals surface area contributed by atoms with Gasteiger partial charge in [-0.25, -0.2) is 4.99 Å². The van der Waals surface area contributed by atoms with Crippen molar-refractivity contribution < 1.29 is 13.2 Å². The Kier molecular flexibility index (Phi) is 3.80. The maximum atomic E-state index is 12.5. The van der Waals surface area contributed by atoms with Crippen LogP contribution in [-0.2, 0) is 6.18 Å².